The van der Waals surface area contributed by atoms with Crippen LogP contribution in [0.2, 0.25) is 0 Å². The third-order valence-electron chi connectivity index (χ3n) is 4.05. The Bertz CT molecular complexity index is 620. The second-order valence-electron chi connectivity index (χ2n) is 5.95. The van der Waals surface area contributed by atoms with Crippen LogP contribution in [0, 0.1) is 0 Å². The first-order chi connectivity index (χ1) is 10.9. The van der Waals surface area contributed by atoms with E-state index >= 15 is 0 Å². The topological polar surface area (TPSA) is 69.7 Å². The molecule has 1 saturated heterocycles. The molecule has 7 heteroatoms. The molecule has 128 valence electrons. The minimum atomic E-state index is -3.29. The van der Waals surface area contributed by atoms with Gasteiger partial charge in [0, 0.05) is 45.0 Å². The number of carbonyl (C=O) groups is 1. The number of anilines is 1. The van der Waals surface area contributed by atoms with Gasteiger partial charge in [-0.05, 0) is 43.5 Å². The van der Waals surface area contributed by atoms with E-state index in [0.29, 0.717) is 5.56 Å². The zero-order chi connectivity index (χ0) is 16.9. The molecule has 0 aromatic heterocycles. The van der Waals surface area contributed by atoms with E-state index in [9.17, 15) is 13.2 Å². The van der Waals surface area contributed by atoms with Crippen molar-refractivity contribution in [2.75, 3.05) is 44.4 Å². The molecule has 0 saturated carbocycles. The summed E-state index contributed by atoms with van der Waals surface area (Å²) in [5, 5.41) is 2.65. The van der Waals surface area contributed by atoms with Gasteiger partial charge in [-0.2, -0.15) is 0 Å². The van der Waals surface area contributed by atoms with Crippen LogP contribution in [0.5, 0.6) is 0 Å². The Morgan fingerprint density at radius 2 is 1.74 bits per heavy atom. The molecule has 1 aromatic carbocycles. The van der Waals surface area contributed by atoms with E-state index in [1.807, 2.05) is 12.1 Å². The molecule has 0 unspecified atom stereocenters. The fraction of sp³-hybridized carbons (Fsp3) is 0.562. The predicted molar refractivity (Wildman–Crippen MR) is 92.3 cm³/mol. The molecule has 0 bridgehead atoms. The quantitative estimate of drug-likeness (QED) is 0.848. The van der Waals surface area contributed by atoms with Crippen molar-refractivity contribution in [2.45, 2.75) is 19.3 Å². The number of sulfonamides is 1. The lowest BCUT2D eigenvalue weighted by atomic mass is 10.1. The van der Waals surface area contributed by atoms with E-state index in [-0.39, 0.29) is 18.2 Å². The number of hydrogen-bond acceptors (Lipinski definition) is 4. The summed E-state index contributed by atoms with van der Waals surface area (Å²) in [6.07, 6.45) is 3.71. The Hall–Kier alpha value is -1.60. The van der Waals surface area contributed by atoms with Crippen molar-refractivity contribution in [1.82, 2.24) is 9.62 Å². The second-order valence-corrected chi connectivity index (χ2v) is 8.25. The number of nitrogens with zero attached hydrogens (tertiary/aromatic N) is 2. The molecule has 0 spiro atoms. The van der Waals surface area contributed by atoms with E-state index in [4.69, 9.17) is 0 Å². The van der Waals surface area contributed by atoms with Crippen molar-refractivity contribution in [3.8, 4) is 0 Å². The van der Waals surface area contributed by atoms with Gasteiger partial charge in [0.25, 0.3) is 5.91 Å². The van der Waals surface area contributed by atoms with Crippen LogP contribution < -0.4 is 10.2 Å². The van der Waals surface area contributed by atoms with E-state index < -0.39 is 10.0 Å². The van der Waals surface area contributed by atoms with Crippen LogP contribution in [-0.2, 0) is 10.0 Å². The lowest BCUT2D eigenvalue weighted by Crippen LogP contribution is -2.34. The molecule has 1 aromatic rings. The van der Waals surface area contributed by atoms with Gasteiger partial charge in [0.1, 0.15) is 0 Å². The molecule has 1 heterocycles. The monoisotopic (exact) mass is 339 g/mol. The highest BCUT2D eigenvalue weighted by atomic mass is 32.2. The maximum atomic E-state index is 12.1. The summed E-state index contributed by atoms with van der Waals surface area (Å²) in [4.78, 5) is 14.4. The summed E-state index contributed by atoms with van der Waals surface area (Å²) in [6, 6.07) is 7.49. The number of amides is 1. The Kier molecular flexibility index (Phi) is 6.01. The molecule has 1 fully saturated rings. The van der Waals surface area contributed by atoms with Crippen molar-refractivity contribution in [3.05, 3.63) is 29.8 Å². The van der Waals surface area contributed by atoms with Gasteiger partial charge >= 0.3 is 0 Å². The van der Waals surface area contributed by atoms with Crippen molar-refractivity contribution < 1.29 is 13.2 Å². The molecule has 0 atom stereocenters. The Labute approximate surface area is 138 Å². The van der Waals surface area contributed by atoms with Crippen LogP contribution in [0.1, 0.15) is 29.6 Å². The first kappa shape index (κ1) is 17.7. The highest BCUT2D eigenvalue weighted by molar-refractivity contribution is 7.89. The molecule has 1 aliphatic heterocycles. The van der Waals surface area contributed by atoms with Crippen LogP contribution in [0.25, 0.3) is 0 Å². The van der Waals surface area contributed by atoms with Gasteiger partial charge in [0.05, 0.1) is 5.75 Å². The zero-order valence-electron chi connectivity index (χ0n) is 13.8. The van der Waals surface area contributed by atoms with Gasteiger partial charge in [-0.15, -0.1) is 0 Å². The molecule has 1 N–H and O–H groups in total. The van der Waals surface area contributed by atoms with Crippen LogP contribution in [-0.4, -0.2) is 58.1 Å². The summed E-state index contributed by atoms with van der Waals surface area (Å²) < 4.78 is 24.4. The van der Waals surface area contributed by atoms with E-state index in [1.54, 1.807) is 12.1 Å². The standard InChI is InChI=1S/C16H25N3O3S/c1-18(2)23(21,22)13-10-17-16(20)14-6-8-15(9-7-14)19-11-4-3-5-12-19/h6-9H,3-5,10-13H2,1-2H3,(H,17,20). The number of carbonyl (C=O) groups excluding carboxylic acids is 1. The molecular formula is C16H25N3O3S. The van der Waals surface area contributed by atoms with Crippen LogP contribution in [0.3, 0.4) is 0 Å². The molecule has 6 nitrogen and oxygen atoms in total. The molecule has 1 aliphatic rings. The molecule has 0 radical (unpaired) electrons. The maximum absolute atomic E-state index is 12.1. The largest absolute Gasteiger partial charge is 0.372 e. The predicted octanol–water partition coefficient (Wildman–Crippen LogP) is 1.30. The van der Waals surface area contributed by atoms with Crippen molar-refractivity contribution in [3.63, 3.8) is 0 Å². The summed E-state index contributed by atoms with van der Waals surface area (Å²) in [5.41, 5.74) is 1.68. The van der Waals surface area contributed by atoms with Crippen molar-refractivity contribution >= 4 is 21.6 Å². The maximum Gasteiger partial charge on any atom is 0.251 e. The number of nitrogens with one attached hydrogen (secondary N) is 1. The van der Waals surface area contributed by atoms with Crippen LogP contribution in [0.4, 0.5) is 5.69 Å². The molecule has 0 aliphatic carbocycles. The SMILES string of the molecule is CN(C)S(=O)(=O)CCNC(=O)c1ccc(N2CCCCC2)cc1. The fourth-order valence-electron chi connectivity index (χ4n) is 2.55. The average Bonchev–Trinajstić information content (AvgIpc) is 2.55. The molecule has 1 amide bonds. The van der Waals surface area contributed by atoms with Crippen molar-refractivity contribution in [2.24, 2.45) is 0 Å². The fourth-order valence-corrected chi connectivity index (χ4v) is 3.28. The second kappa shape index (κ2) is 7.79. The summed E-state index contributed by atoms with van der Waals surface area (Å²) in [6.45, 7) is 2.23. The van der Waals surface area contributed by atoms with E-state index in [1.165, 1.54) is 33.4 Å². The number of benzene rings is 1. The third-order valence-corrected chi connectivity index (χ3v) is 5.89. The summed E-state index contributed by atoms with van der Waals surface area (Å²) >= 11 is 0. The highest BCUT2D eigenvalue weighted by Crippen LogP contribution is 2.20. The van der Waals surface area contributed by atoms with Crippen LogP contribution >= 0.6 is 0 Å². The zero-order valence-corrected chi connectivity index (χ0v) is 14.6. The van der Waals surface area contributed by atoms with Gasteiger partial charge in [-0.3, -0.25) is 4.79 Å². The number of hydrogen-bond donors (Lipinski definition) is 1. The first-order valence-electron chi connectivity index (χ1n) is 7.93. The number of piperidine rings is 1. The highest BCUT2D eigenvalue weighted by Gasteiger charge is 2.15. The number of rotatable bonds is 6. The van der Waals surface area contributed by atoms with Gasteiger partial charge in [0.2, 0.25) is 10.0 Å². The van der Waals surface area contributed by atoms with E-state index in [2.05, 4.69) is 10.2 Å². The van der Waals surface area contributed by atoms with Gasteiger partial charge in [-0.25, -0.2) is 12.7 Å². The summed E-state index contributed by atoms with van der Waals surface area (Å²) in [5.74, 6) is -0.346. The van der Waals surface area contributed by atoms with Gasteiger partial charge in [-0.1, -0.05) is 0 Å². The molecule has 23 heavy (non-hydrogen) atoms. The van der Waals surface area contributed by atoms with Crippen LogP contribution in [0.15, 0.2) is 24.3 Å². The minimum Gasteiger partial charge on any atom is -0.372 e. The molecule has 2 rings (SSSR count). The minimum absolute atomic E-state index is 0.0996. The Balaban J connectivity index is 1.87. The smallest absolute Gasteiger partial charge is 0.251 e. The third kappa shape index (κ3) is 4.94. The first-order valence-corrected chi connectivity index (χ1v) is 9.54. The van der Waals surface area contributed by atoms with Gasteiger partial charge in [0.15, 0.2) is 0 Å². The molecular weight excluding hydrogens is 314 g/mol. The lowest BCUT2D eigenvalue weighted by Gasteiger charge is -2.28. The van der Waals surface area contributed by atoms with Gasteiger partial charge < -0.3 is 10.2 Å². The average molecular weight is 339 g/mol. The summed E-state index contributed by atoms with van der Waals surface area (Å²) in [7, 11) is -0.320. The van der Waals surface area contributed by atoms with E-state index in [0.717, 1.165) is 23.1 Å². The Morgan fingerprint density at radius 1 is 1.13 bits per heavy atom. The normalized spacial score (nSPS) is 15.7. The lowest BCUT2D eigenvalue weighted by molar-refractivity contribution is 0.0956. The van der Waals surface area contributed by atoms with Crippen molar-refractivity contribution in [1.29, 1.82) is 0 Å². The Morgan fingerprint density at radius 3 is 2.30 bits per heavy atom.